The maximum absolute atomic E-state index is 12.7. The van der Waals surface area contributed by atoms with Crippen LogP contribution in [-0.4, -0.2) is 13.8 Å². The van der Waals surface area contributed by atoms with Crippen LogP contribution in [0, 0.1) is 19.3 Å². The molecule has 2 aromatic carbocycles. The highest BCUT2D eigenvalue weighted by atomic mass is 19.4. The highest BCUT2D eigenvalue weighted by Crippen LogP contribution is 2.30. The molecule has 0 fully saturated rings. The van der Waals surface area contributed by atoms with E-state index < -0.39 is 11.7 Å². The molecule has 0 radical (unpaired) electrons. The Morgan fingerprint density at radius 3 is 1.90 bits per heavy atom. The summed E-state index contributed by atoms with van der Waals surface area (Å²) < 4.78 is 43.6. The van der Waals surface area contributed by atoms with Crippen molar-refractivity contribution in [3.05, 3.63) is 58.7 Å². The first-order valence-electron chi connectivity index (χ1n) is 9.74. The first-order valence-corrected chi connectivity index (χ1v) is 9.74. The van der Waals surface area contributed by atoms with Crippen LogP contribution in [-0.2, 0) is 17.6 Å². The van der Waals surface area contributed by atoms with E-state index in [1.54, 1.807) is 6.07 Å². The van der Waals surface area contributed by atoms with Crippen LogP contribution in [0.25, 0.3) is 0 Å². The zero-order valence-corrected chi connectivity index (χ0v) is 19.0. The van der Waals surface area contributed by atoms with Crippen molar-refractivity contribution in [1.29, 1.82) is 0 Å². The summed E-state index contributed by atoms with van der Waals surface area (Å²) in [6.07, 6.45) is -3.06. The molecule has 3 nitrogen and oxygen atoms in total. The zero-order valence-electron chi connectivity index (χ0n) is 19.0. The second kappa shape index (κ2) is 12.3. The molecule has 0 amide bonds. The van der Waals surface area contributed by atoms with Crippen molar-refractivity contribution >= 4 is 12.5 Å². The number of hydrogen-bond acceptors (Lipinski definition) is 3. The van der Waals surface area contributed by atoms with Gasteiger partial charge in [0.15, 0.2) is 0 Å². The summed E-state index contributed by atoms with van der Waals surface area (Å²) in [5, 5.41) is 3.11. The molecule has 1 N–H and O–H groups in total. The molecule has 0 atom stereocenters. The van der Waals surface area contributed by atoms with Crippen molar-refractivity contribution in [2.24, 2.45) is 5.41 Å². The summed E-state index contributed by atoms with van der Waals surface area (Å²) in [6, 6.07) is 8.92. The summed E-state index contributed by atoms with van der Waals surface area (Å²) >= 11 is 0. The molecular formula is C24H34F3NO2. The highest BCUT2D eigenvalue weighted by molar-refractivity contribution is 5.59. The number of halogens is 3. The van der Waals surface area contributed by atoms with Crippen molar-refractivity contribution in [2.75, 3.05) is 12.4 Å². The van der Waals surface area contributed by atoms with Gasteiger partial charge in [-0.1, -0.05) is 46.2 Å². The average molecular weight is 426 g/mol. The van der Waals surface area contributed by atoms with E-state index in [1.165, 1.54) is 12.5 Å². The summed E-state index contributed by atoms with van der Waals surface area (Å²) in [5.74, 6) is 0.645. The third kappa shape index (κ3) is 9.81. The number of carbonyl (C=O) groups is 1. The average Bonchev–Trinajstić information content (AvgIpc) is 2.67. The van der Waals surface area contributed by atoms with Gasteiger partial charge >= 0.3 is 6.18 Å². The van der Waals surface area contributed by atoms with Gasteiger partial charge in [0.1, 0.15) is 19.1 Å². The third-order valence-corrected chi connectivity index (χ3v) is 4.48. The largest absolute Gasteiger partial charge is 0.489 e. The second-order valence-corrected chi connectivity index (χ2v) is 8.08. The van der Waals surface area contributed by atoms with Crippen LogP contribution in [0.5, 0.6) is 5.75 Å². The molecule has 0 spiro atoms. The smallest absolute Gasteiger partial charge is 0.416 e. The Kier molecular flexibility index (Phi) is 11.2. The number of hydrogen-bond donors (Lipinski definition) is 1. The van der Waals surface area contributed by atoms with Crippen molar-refractivity contribution < 1.29 is 22.7 Å². The van der Waals surface area contributed by atoms with Crippen LogP contribution in [0.2, 0.25) is 0 Å². The Labute approximate surface area is 178 Å². The first kappa shape index (κ1) is 27.5. The number of ether oxygens (including phenoxy) is 1. The van der Waals surface area contributed by atoms with E-state index in [2.05, 4.69) is 33.0 Å². The van der Waals surface area contributed by atoms with Gasteiger partial charge in [-0.2, -0.15) is 13.2 Å². The maximum Gasteiger partial charge on any atom is 0.416 e. The summed E-state index contributed by atoms with van der Waals surface area (Å²) in [5.41, 5.74) is 3.46. The van der Waals surface area contributed by atoms with Crippen LogP contribution >= 0.6 is 0 Å². The number of aryl methyl sites for hydroxylation is 2. The molecule has 30 heavy (non-hydrogen) atoms. The van der Waals surface area contributed by atoms with Crippen LogP contribution < -0.4 is 10.1 Å². The van der Waals surface area contributed by atoms with E-state index in [0.29, 0.717) is 16.7 Å². The minimum Gasteiger partial charge on any atom is -0.489 e. The molecule has 0 bridgehead atoms. The number of benzene rings is 2. The number of carbonyl (C=O) groups excluding carboxylic acids is 1. The summed E-state index contributed by atoms with van der Waals surface area (Å²) in [6.45, 7) is 14.9. The fraction of sp³-hybridized carbons (Fsp3) is 0.458. The quantitative estimate of drug-likeness (QED) is 0.563. The molecule has 0 aliphatic carbocycles. The van der Waals surface area contributed by atoms with Crippen LogP contribution in [0.3, 0.4) is 0 Å². The lowest BCUT2D eigenvalue weighted by molar-refractivity contribution is -0.137. The molecule has 6 heteroatoms. The van der Waals surface area contributed by atoms with Gasteiger partial charge in [0.25, 0.3) is 0 Å². The Morgan fingerprint density at radius 2 is 1.50 bits per heavy atom. The monoisotopic (exact) mass is 425 g/mol. The van der Waals surface area contributed by atoms with Gasteiger partial charge in [-0.3, -0.25) is 0 Å². The summed E-state index contributed by atoms with van der Waals surface area (Å²) in [4.78, 5) is 8.00. The van der Waals surface area contributed by atoms with Crippen LogP contribution in [0.4, 0.5) is 18.9 Å². The standard InChI is InChI=1S/C17H18F3NO.C6H14.CH2O/c1-11-7-15(8-12(2)16(11)21-3)22-10-13-5-4-6-14(9-13)17(18,19)20;1-5-6(2,3)4;1-2/h4-9,21H,10H2,1-3H3;5H2,1-4H3;1H2. The fourth-order valence-corrected chi connectivity index (χ4v) is 2.41. The van der Waals surface area contributed by atoms with E-state index in [4.69, 9.17) is 9.53 Å². The molecule has 0 aliphatic heterocycles. The van der Waals surface area contributed by atoms with Gasteiger partial charge in [0.2, 0.25) is 0 Å². The van der Waals surface area contributed by atoms with Crippen molar-refractivity contribution in [1.82, 2.24) is 0 Å². The maximum atomic E-state index is 12.7. The minimum absolute atomic E-state index is 0.0989. The van der Waals surface area contributed by atoms with E-state index in [9.17, 15) is 13.2 Å². The SMILES string of the molecule is C=O.CCC(C)(C)C.CNc1c(C)cc(OCc2cccc(C(F)(F)F)c2)cc1C. The van der Waals surface area contributed by atoms with Gasteiger partial charge < -0.3 is 14.8 Å². The predicted octanol–water partition coefficient (Wildman–Crippen LogP) is 7.20. The normalized spacial score (nSPS) is 10.9. The Morgan fingerprint density at radius 1 is 1.00 bits per heavy atom. The highest BCUT2D eigenvalue weighted by Gasteiger charge is 2.30. The molecule has 2 aromatic rings. The predicted molar refractivity (Wildman–Crippen MR) is 118 cm³/mol. The van der Waals surface area contributed by atoms with Crippen LogP contribution in [0.15, 0.2) is 36.4 Å². The van der Waals surface area contributed by atoms with Crippen LogP contribution in [0.1, 0.15) is 56.4 Å². The number of nitrogens with one attached hydrogen (secondary N) is 1. The van der Waals surface area contributed by atoms with E-state index in [1.807, 2.05) is 39.8 Å². The number of anilines is 1. The Balaban J connectivity index is 0.000000905. The molecule has 0 saturated heterocycles. The first-order chi connectivity index (χ1) is 13.9. The second-order valence-electron chi connectivity index (χ2n) is 8.08. The third-order valence-electron chi connectivity index (χ3n) is 4.48. The Bertz CT molecular complexity index is 758. The van der Waals surface area contributed by atoms with Gasteiger partial charge in [0, 0.05) is 12.7 Å². The van der Waals surface area contributed by atoms with Gasteiger partial charge in [0.05, 0.1) is 5.56 Å². The zero-order chi connectivity index (χ0) is 23.5. The molecule has 0 saturated carbocycles. The fourth-order valence-electron chi connectivity index (χ4n) is 2.41. The lowest BCUT2D eigenvalue weighted by Crippen LogP contribution is -2.06. The molecule has 0 aliphatic rings. The molecule has 0 unspecified atom stereocenters. The van der Waals surface area contributed by atoms with Gasteiger partial charge in [-0.05, 0) is 60.2 Å². The van der Waals surface area contributed by atoms with Gasteiger partial charge in [-0.15, -0.1) is 0 Å². The minimum atomic E-state index is -4.34. The lowest BCUT2D eigenvalue weighted by Gasteiger charge is -2.14. The van der Waals surface area contributed by atoms with E-state index >= 15 is 0 Å². The molecule has 0 heterocycles. The van der Waals surface area contributed by atoms with E-state index in [-0.39, 0.29) is 6.61 Å². The van der Waals surface area contributed by atoms with E-state index in [0.717, 1.165) is 28.9 Å². The van der Waals surface area contributed by atoms with Crippen molar-refractivity contribution in [2.45, 2.75) is 60.7 Å². The van der Waals surface area contributed by atoms with Crippen molar-refractivity contribution in [3.8, 4) is 5.75 Å². The molecule has 2 rings (SSSR count). The number of rotatable bonds is 4. The van der Waals surface area contributed by atoms with Crippen molar-refractivity contribution in [3.63, 3.8) is 0 Å². The molecule has 0 aromatic heterocycles. The summed E-state index contributed by atoms with van der Waals surface area (Å²) in [7, 11) is 1.85. The molecular weight excluding hydrogens is 391 g/mol. The Hall–Kier alpha value is -2.50. The topological polar surface area (TPSA) is 38.3 Å². The lowest BCUT2D eigenvalue weighted by atomic mass is 9.94. The van der Waals surface area contributed by atoms with Gasteiger partial charge in [-0.25, -0.2) is 0 Å². The number of alkyl halides is 3. The molecule has 168 valence electrons.